The molecule has 1 atom stereocenters. The molecule has 2 N–H and O–H groups in total. The monoisotopic (exact) mass is 290 g/mol. The Kier molecular flexibility index (Phi) is 5.20. The molecule has 2 aromatic heterocycles. The van der Waals surface area contributed by atoms with Gasteiger partial charge in [0, 0.05) is 18.8 Å². The van der Waals surface area contributed by atoms with Crippen molar-refractivity contribution in [2.45, 2.75) is 19.9 Å². The van der Waals surface area contributed by atoms with E-state index in [-0.39, 0.29) is 11.9 Å². The number of carbonyl (C=O) groups excluding carboxylic acids is 1. The zero-order valence-electron chi connectivity index (χ0n) is 11.6. The Morgan fingerprint density at radius 2 is 2.25 bits per heavy atom. The first-order valence-corrected chi connectivity index (χ1v) is 7.41. The number of amides is 1. The van der Waals surface area contributed by atoms with E-state index >= 15 is 0 Å². The number of likely N-dealkylation sites (N-methyl/N-ethyl adjacent to an activating group) is 1. The van der Waals surface area contributed by atoms with Gasteiger partial charge in [0.2, 0.25) is 0 Å². The molecule has 5 nitrogen and oxygen atoms in total. The molecule has 0 unspecified atom stereocenters. The van der Waals surface area contributed by atoms with Crippen LogP contribution < -0.4 is 10.6 Å². The van der Waals surface area contributed by atoms with Gasteiger partial charge in [-0.15, -0.1) is 11.3 Å². The third-order valence-electron chi connectivity index (χ3n) is 2.73. The van der Waals surface area contributed by atoms with Gasteiger partial charge in [0.15, 0.2) is 0 Å². The molecule has 2 heterocycles. The maximum Gasteiger partial charge on any atom is 0.263 e. The molecule has 6 heteroatoms. The molecule has 2 rings (SSSR count). The summed E-state index contributed by atoms with van der Waals surface area (Å²) in [6.45, 7) is 5.57. The van der Waals surface area contributed by atoms with Gasteiger partial charge in [-0.25, -0.2) is 4.98 Å². The van der Waals surface area contributed by atoms with Gasteiger partial charge in [-0.3, -0.25) is 9.78 Å². The third-order valence-corrected chi connectivity index (χ3v) is 3.75. The number of nitrogens with one attached hydrogen (secondary N) is 2. The van der Waals surface area contributed by atoms with E-state index in [2.05, 4.69) is 20.6 Å². The summed E-state index contributed by atoms with van der Waals surface area (Å²) in [7, 11) is 0. The lowest BCUT2D eigenvalue weighted by Gasteiger charge is -2.12. The number of hydrogen-bond donors (Lipinski definition) is 2. The van der Waals surface area contributed by atoms with Crippen molar-refractivity contribution in [1.82, 2.24) is 20.6 Å². The molecule has 0 spiro atoms. The first-order valence-electron chi connectivity index (χ1n) is 6.59. The summed E-state index contributed by atoms with van der Waals surface area (Å²) in [5.41, 5.74) is 0.789. The molecule has 0 saturated carbocycles. The Balaban J connectivity index is 1.97. The molecule has 1 amide bonds. The van der Waals surface area contributed by atoms with E-state index in [4.69, 9.17) is 0 Å². The van der Waals surface area contributed by atoms with Gasteiger partial charge >= 0.3 is 0 Å². The van der Waals surface area contributed by atoms with Gasteiger partial charge in [-0.2, -0.15) is 0 Å². The van der Waals surface area contributed by atoms with Crippen molar-refractivity contribution in [3.05, 3.63) is 35.5 Å². The van der Waals surface area contributed by atoms with Crippen LogP contribution in [-0.2, 0) is 0 Å². The molecule has 20 heavy (non-hydrogen) atoms. The molecule has 0 radical (unpaired) electrons. The van der Waals surface area contributed by atoms with E-state index in [1.807, 2.05) is 32.0 Å². The summed E-state index contributed by atoms with van der Waals surface area (Å²) in [6, 6.07) is 5.90. The number of thiazole rings is 1. The second kappa shape index (κ2) is 7.12. The lowest BCUT2D eigenvalue weighted by atomic mass is 10.3. The Labute approximate surface area is 122 Å². The number of nitrogens with zero attached hydrogens (tertiary/aromatic N) is 2. The largest absolute Gasteiger partial charge is 0.350 e. The zero-order valence-corrected chi connectivity index (χ0v) is 12.4. The van der Waals surface area contributed by atoms with Crippen molar-refractivity contribution in [3.63, 3.8) is 0 Å². The molecule has 2 aromatic rings. The number of hydrogen-bond acceptors (Lipinski definition) is 5. The van der Waals surface area contributed by atoms with Gasteiger partial charge in [0.25, 0.3) is 5.91 Å². The van der Waals surface area contributed by atoms with Crippen molar-refractivity contribution >= 4 is 17.2 Å². The predicted octanol–water partition coefficient (Wildman–Crippen LogP) is 1.93. The van der Waals surface area contributed by atoms with E-state index in [1.165, 1.54) is 11.3 Å². The second-order valence-electron chi connectivity index (χ2n) is 4.41. The van der Waals surface area contributed by atoms with Crippen molar-refractivity contribution in [2.24, 2.45) is 0 Å². The third kappa shape index (κ3) is 3.85. The summed E-state index contributed by atoms with van der Waals surface area (Å²) in [6.07, 6.45) is 3.32. The lowest BCUT2D eigenvalue weighted by molar-refractivity contribution is 0.0954. The van der Waals surface area contributed by atoms with E-state index in [9.17, 15) is 4.79 Å². The first kappa shape index (κ1) is 14.6. The van der Waals surface area contributed by atoms with Gasteiger partial charge < -0.3 is 10.6 Å². The van der Waals surface area contributed by atoms with Crippen LogP contribution >= 0.6 is 11.3 Å². The number of aromatic nitrogens is 2. The highest BCUT2D eigenvalue weighted by Gasteiger charge is 2.12. The molecule has 0 bridgehead atoms. The average molecular weight is 290 g/mol. The minimum atomic E-state index is -0.0885. The van der Waals surface area contributed by atoms with Crippen molar-refractivity contribution in [1.29, 1.82) is 0 Å². The standard InChI is InChI=1S/C14H18N4OS/c1-3-15-10(2)8-17-13(19)12-9-18-14(20-12)11-6-4-5-7-16-11/h4-7,9-10,15H,3,8H2,1-2H3,(H,17,19)/t10-/m1/s1. The molecule has 0 aliphatic rings. The van der Waals surface area contributed by atoms with Gasteiger partial charge in [0.1, 0.15) is 9.88 Å². The van der Waals surface area contributed by atoms with E-state index in [1.54, 1.807) is 12.4 Å². The fraction of sp³-hybridized carbons (Fsp3) is 0.357. The number of pyridine rings is 1. The average Bonchev–Trinajstić information content (AvgIpc) is 2.96. The van der Waals surface area contributed by atoms with Gasteiger partial charge in [-0.05, 0) is 25.6 Å². The van der Waals surface area contributed by atoms with Crippen molar-refractivity contribution < 1.29 is 4.79 Å². The van der Waals surface area contributed by atoms with E-state index in [0.717, 1.165) is 17.2 Å². The molecule has 106 valence electrons. The summed E-state index contributed by atoms with van der Waals surface area (Å²) in [5.74, 6) is -0.0885. The summed E-state index contributed by atoms with van der Waals surface area (Å²) in [4.78, 5) is 21.1. The summed E-state index contributed by atoms with van der Waals surface area (Å²) in [5, 5.41) is 6.90. The van der Waals surface area contributed by atoms with Crippen LogP contribution in [-0.4, -0.2) is 35.0 Å². The molecule has 0 aliphatic heterocycles. The highest BCUT2D eigenvalue weighted by Crippen LogP contribution is 2.22. The SMILES string of the molecule is CCN[C@H](C)CNC(=O)c1cnc(-c2ccccn2)s1. The Morgan fingerprint density at radius 1 is 1.40 bits per heavy atom. The van der Waals surface area contributed by atoms with Crippen molar-refractivity contribution in [2.75, 3.05) is 13.1 Å². The van der Waals surface area contributed by atoms with Crippen LogP contribution in [0.5, 0.6) is 0 Å². The van der Waals surface area contributed by atoms with Crippen molar-refractivity contribution in [3.8, 4) is 10.7 Å². The molecule has 0 fully saturated rings. The van der Waals surface area contributed by atoms with Crippen LogP contribution in [0, 0.1) is 0 Å². The highest BCUT2D eigenvalue weighted by atomic mass is 32.1. The second-order valence-corrected chi connectivity index (χ2v) is 5.44. The van der Waals surface area contributed by atoms with Crippen LogP contribution in [0.25, 0.3) is 10.7 Å². The minimum Gasteiger partial charge on any atom is -0.350 e. The zero-order chi connectivity index (χ0) is 14.4. The number of carbonyl (C=O) groups is 1. The fourth-order valence-electron chi connectivity index (χ4n) is 1.74. The van der Waals surface area contributed by atoms with Crippen LogP contribution in [0.2, 0.25) is 0 Å². The molecule has 0 aliphatic carbocycles. The van der Waals surface area contributed by atoms with Gasteiger partial charge in [0.05, 0.1) is 11.9 Å². The molecular formula is C14H18N4OS. The quantitative estimate of drug-likeness (QED) is 0.853. The van der Waals surface area contributed by atoms with Crippen LogP contribution in [0.3, 0.4) is 0 Å². The maximum atomic E-state index is 12.0. The first-order chi connectivity index (χ1) is 9.70. The predicted molar refractivity (Wildman–Crippen MR) is 80.8 cm³/mol. The highest BCUT2D eigenvalue weighted by molar-refractivity contribution is 7.16. The maximum absolute atomic E-state index is 12.0. The Morgan fingerprint density at radius 3 is 2.95 bits per heavy atom. The Hall–Kier alpha value is -1.79. The van der Waals surface area contributed by atoms with Crippen LogP contribution in [0.4, 0.5) is 0 Å². The smallest absolute Gasteiger partial charge is 0.263 e. The normalized spacial score (nSPS) is 12.1. The summed E-state index contributed by atoms with van der Waals surface area (Å²) >= 11 is 1.35. The van der Waals surface area contributed by atoms with Crippen LogP contribution in [0.15, 0.2) is 30.6 Å². The Bertz CT molecular complexity index is 555. The topological polar surface area (TPSA) is 66.9 Å². The fourth-order valence-corrected chi connectivity index (χ4v) is 2.55. The van der Waals surface area contributed by atoms with Crippen LogP contribution in [0.1, 0.15) is 23.5 Å². The lowest BCUT2D eigenvalue weighted by Crippen LogP contribution is -2.38. The molecule has 0 aromatic carbocycles. The summed E-state index contributed by atoms with van der Waals surface area (Å²) < 4.78 is 0. The number of rotatable bonds is 6. The van der Waals surface area contributed by atoms with E-state index < -0.39 is 0 Å². The molecule has 0 saturated heterocycles. The molecular weight excluding hydrogens is 272 g/mol. The van der Waals surface area contributed by atoms with Gasteiger partial charge in [-0.1, -0.05) is 13.0 Å². The van der Waals surface area contributed by atoms with E-state index in [0.29, 0.717) is 11.4 Å². The minimum absolute atomic E-state index is 0.0885.